The number of aromatic nitrogens is 2. The number of anilines is 2. The maximum atomic E-state index is 4.46. The molecular formula is C14H17BrN4. The van der Waals surface area contributed by atoms with Crippen molar-refractivity contribution in [2.24, 2.45) is 0 Å². The molecule has 5 heteroatoms. The number of hydrogen-bond donors (Lipinski definition) is 1. The van der Waals surface area contributed by atoms with Crippen LogP contribution in [0.4, 0.5) is 11.8 Å². The molecule has 0 fully saturated rings. The third-order valence-electron chi connectivity index (χ3n) is 2.85. The van der Waals surface area contributed by atoms with Crippen molar-refractivity contribution in [3.8, 4) is 0 Å². The molecule has 0 unspecified atom stereocenters. The fourth-order valence-corrected chi connectivity index (χ4v) is 2.28. The van der Waals surface area contributed by atoms with Gasteiger partial charge in [0.15, 0.2) is 0 Å². The van der Waals surface area contributed by atoms with E-state index < -0.39 is 0 Å². The first-order chi connectivity index (χ1) is 9.10. The molecule has 0 aliphatic carbocycles. The number of nitrogens with zero attached hydrogens (tertiary/aromatic N) is 3. The van der Waals surface area contributed by atoms with Crippen LogP contribution in [0.1, 0.15) is 11.1 Å². The minimum absolute atomic E-state index is 0.619. The highest BCUT2D eigenvalue weighted by Gasteiger charge is 2.10. The van der Waals surface area contributed by atoms with E-state index >= 15 is 0 Å². The molecule has 1 aromatic heterocycles. The molecule has 19 heavy (non-hydrogen) atoms. The number of aryl methyl sites for hydroxylation is 1. The zero-order chi connectivity index (χ0) is 13.8. The Morgan fingerprint density at radius 3 is 2.58 bits per heavy atom. The van der Waals surface area contributed by atoms with Gasteiger partial charge >= 0.3 is 0 Å². The molecule has 1 heterocycles. The first-order valence-corrected chi connectivity index (χ1v) is 6.86. The van der Waals surface area contributed by atoms with Gasteiger partial charge in [-0.05, 0) is 28.4 Å². The lowest BCUT2D eigenvalue weighted by Crippen LogP contribution is -2.19. The molecule has 0 bridgehead atoms. The number of rotatable bonds is 4. The van der Waals surface area contributed by atoms with E-state index in [0.717, 1.165) is 16.8 Å². The second-order valence-corrected chi connectivity index (χ2v) is 5.31. The molecule has 100 valence electrons. The van der Waals surface area contributed by atoms with Crippen LogP contribution in [0.15, 0.2) is 34.9 Å². The van der Waals surface area contributed by atoms with E-state index in [-0.39, 0.29) is 0 Å². The highest BCUT2D eigenvalue weighted by molar-refractivity contribution is 9.10. The van der Waals surface area contributed by atoms with Gasteiger partial charge in [-0.2, -0.15) is 4.98 Å². The fraction of sp³-hybridized carbons (Fsp3) is 0.286. The topological polar surface area (TPSA) is 41.1 Å². The largest absolute Gasteiger partial charge is 0.357 e. The molecule has 0 atom stereocenters. The summed E-state index contributed by atoms with van der Waals surface area (Å²) in [5.74, 6) is 1.49. The number of benzene rings is 1. The molecule has 0 saturated carbocycles. The summed E-state index contributed by atoms with van der Waals surface area (Å²) in [5.41, 5.74) is 2.52. The average Bonchev–Trinajstić information content (AvgIpc) is 2.42. The maximum absolute atomic E-state index is 4.46. The summed E-state index contributed by atoms with van der Waals surface area (Å²) < 4.78 is 0.890. The average molecular weight is 321 g/mol. The van der Waals surface area contributed by atoms with E-state index in [4.69, 9.17) is 0 Å². The van der Waals surface area contributed by atoms with Crippen LogP contribution in [0.5, 0.6) is 0 Å². The Bertz CT molecular complexity index is 554. The molecule has 0 aliphatic heterocycles. The third kappa shape index (κ3) is 3.44. The Hall–Kier alpha value is -1.62. The summed E-state index contributed by atoms with van der Waals surface area (Å²) in [7, 11) is 3.83. The first kappa shape index (κ1) is 13.8. The van der Waals surface area contributed by atoms with Gasteiger partial charge in [-0.15, -0.1) is 0 Å². The minimum atomic E-state index is 0.619. The predicted octanol–water partition coefficient (Wildman–Crippen LogP) is 3.23. The van der Waals surface area contributed by atoms with Gasteiger partial charge < -0.3 is 10.2 Å². The summed E-state index contributed by atoms with van der Waals surface area (Å²) in [6.45, 7) is 2.90. The van der Waals surface area contributed by atoms with Crippen molar-refractivity contribution in [3.63, 3.8) is 0 Å². The molecular weight excluding hydrogens is 304 g/mol. The number of nitrogens with one attached hydrogen (secondary N) is 1. The van der Waals surface area contributed by atoms with E-state index in [1.165, 1.54) is 11.1 Å². The molecule has 0 aliphatic rings. The van der Waals surface area contributed by atoms with E-state index in [1.807, 2.05) is 14.1 Å². The lowest BCUT2D eigenvalue weighted by atomic mass is 10.1. The van der Waals surface area contributed by atoms with Gasteiger partial charge in [0.2, 0.25) is 5.95 Å². The second-order valence-electron chi connectivity index (χ2n) is 4.46. The highest BCUT2D eigenvalue weighted by Crippen LogP contribution is 2.24. The van der Waals surface area contributed by atoms with Gasteiger partial charge in [0, 0.05) is 26.8 Å². The van der Waals surface area contributed by atoms with Crippen LogP contribution in [0.2, 0.25) is 0 Å². The molecule has 4 nitrogen and oxygen atoms in total. The number of hydrogen-bond acceptors (Lipinski definition) is 4. The van der Waals surface area contributed by atoms with E-state index in [1.54, 1.807) is 6.20 Å². The summed E-state index contributed by atoms with van der Waals surface area (Å²) in [4.78, 5) is 10.7. The van der Waals surface area contributed by atoms with Crippen LogP contribution in [-0.4, -0.2) is 24.1 Å². The quantitative estimate of drug-likeness (QED) is 0.939. The molecule has 1 N–H and O–H groups in total. The first-order valence-electron chi connectivity index (χ1n) is 6.07. The smallest absolute Gasteiger partial charge is 0.224 e. The second kappa shape index (κ2) is 6.02. The van der Waals surface area contributed by atoms with Crippen LogP contribution in [-0.2, 0) is 6.54 Å². The minimum Gasteiger partial charge on any atom is -0.357 e. The molecule has 0 radical (unpaired) electrons. The molecule has 1 aromatic carbocycles. The van der Waals surface area contributed by atoms with Crippen LogP contribution in [0, 0.1) is 6.92 Å². The Kier molecular flexibility index (Phi) is 4.37. The normalized spacial score (nSPS) is 10.3. The van der Waals surface area contributed by atoms with Gasteiger partial charge in [-0.3, -0.25) is 0 Å². The van der Waals surface area contributed by atoms with Crippen LogP contribution >= 0.6 is 15.9 Å². The third-order valence-corrected chi connectivity index (χ3v) is 3.41. The SMILES string of the molecule is CNc1ncc(Br)c(N(C)Cc2ccc(C)cc2)n1. The Balaban J connectivity index is 2.19. The zero-order valence-electron chi connectivity index (χ0n) is 11.3. The molecule has 2 aromatic rings. The van der Waals surface area contributed by atoms with Gasteiger partial charge in [0.1, 0.15) is 5.82 Å². The Labute approximate surface area is 122 Å². The molecule has 0 amide bonds. The van der Waals surface area contributed by atoms with Crippen LogP contribution in [0.25, 0.3) is 0 Å². The van der Waals surface area contributed by atoms with Crippen molar-refractivity contribution in [2.75, 3.05) is 24.3 Å². The van der Waals surface area contributed by atoms with Gasteiger partial charge in [0.25, 0.3) is 0 Å². The zero-order valence-corrected chi connectivity index (χ0v) is 12.9. The van der Waals surface area contributed by atoms with E-state index in [2.05, 4.69) is 67.3 Å². The summed E-state index contributed by atoms with van der Waals surface area (Å²) in [6, 6.07) is 8.52. The van der Waals surface area contributed by atoms with Crippen LogP contribution < -0.4 is 10.2 Å². The van der Waals surface area contributed by atoms with E-state index in [9.17, 15) is 0 Å². The van der Waals surface area contributed by atoms with Gasteiger partial charge in [-0.25, -0.2) is 4.98 Å². The Morgan fingerprint density at radius 1 is 1.26 bits per heavy atom. The Morgan fingerprint density at radius 2 is 1.95 bits per heavy atom. The monoisotopic (exact) mass is 320 g/mol. The summed E-state index contributed by atoms with van der Waals surface area (Å²) in [5, 5.41) is 2.95. The van der Waals surface area contributed by atoms with Gasteiger partial charge in [-0.1, -0.05) is 29.8 Å². The van der Waals surface area contributed by atoms with Gasteiger partial charge in [0.05, 0.1) is 4.47 Å². The van der Waals surface area contributed by atoms with Crippen molar-refractivity contribution in [1.29, 1.82) is 0 Å². The lowest BCUT2D eigenvalue weighted by molar-refractivity contribution is 0.887. The molecule has 2 rings (SSSR count). The predicted molar refractivity (Wildman–Crippen MR) is 82.6 cm³/mol. The lowest BCUT2D eigenvalue weighted by Gasteiger charge is -2.20. The van der Waals surface area contributed by atoms with Crippen molar-refractivity contribution in [2.45, 2.75) is 13.5 Å². The summed E-state index contributed by atoms with van der Waals surface area (Å²) in [6.07, 6.45) is 1.76. The van der Waals surface area contributed by atoms with Crippen molar-refractivity contribution in [1.82, 2.24) is 9.97 Å². The standard InChI is InChI=1S/C14H17BrN4/c1-10-4-6-11(7-5-10)9-19(3)13-12(15)8-17-14(16-2)18-13/h4-8H,9H2,1-3H3,(H,16,17,18). The summed E-state index contributed by atoms with van der Waals surface area (Å²) >= 11 is 3.49. The molecule has 0 spiro atoms. The maximum Gasteiger partial charge on any atom is 0.224 e. The van der Waals surface area contributed by atoms with Crippen molar-refractivity contribution in [3.05, 3.63) is 46.1 Å². The number of halogens is 1. The van der Waals surface area contributed by atoms with Crippen LogP contribution in [0.3, 0.4) is 0 Å². The van der Waals surface area contributed by atoms with Crippen molar-refractivity contribution >= 4 is 27.7 Å². The van der Waals surface area contributed by atoms with Crippen molar-refractivity contribution < 1.29 is 0 Å². The fourth-order valence-electron chi connectivity index (χ4n) is 1.79. The van der Waals surface area contributed by atoms with E-state index in [0.29, 0.717) is 5.95 Å². The molecule has 0 saturated heterocycles. The highest BCUT2D eigenvalue weighted by atomic mass is 79.9.